The van der Waals surface area contributed by atoms with Crippen molar-refractivity contribution < 1.29 is 4.92 Å². The van der Waals surface area contributed by atoms with E-state index in [1.807, 2.05) is 0 Å². The van der Waals surface area contributed by atoms with Crippen molar-refractivity contribution in [3.8, 4) is 5.82 Å². The van der Waals surface area contributed by atoms with Gasteiger partial charge in [-0.2, -0.15) is 5.10 Å². The van der Waals surface area contributed by atoms with Crippen LogP contribution < -0.4 is 0 Å². The molecule has 0 fully saturated rings. The number of nitrogens with zero attached hydrogens (tertiary/aromatic N) is 4. The molecule has 0 aromatic carbocycles. The zero-order valence-corrected chi connectivity index (χ0v) is 10.5. The van der Waals surface area contributed by atoms with Crippen LogP contribution in [0.1, 0.15) is 5.56 Å². The van der Waals surface area contributed by atoms with Crippen LogP contribution >= 0.6 is 22.6 Å². The Morgan fingerprint density at radius 2 is 2.25 bits per heavy atom. The van der Waals surface area contributed by atoms with Gasteiger partial charge in [-0.1, -0.05) is 0 Å². The maximum atomic E-state index is 10.8. The first kappa shape index (κ1) is 11.0. The summed E-state index contributed by atoms with van der Waals surface area (Å²) in [5.74, 6) is 0.445. The van der Waals surface area contributed by atoms with Crippen molar-refractivity contribution in [2.45, 2.75) is 6.92 Å². The third-order valence-electron chi connectivity index (χ3n) is 2.04. The van der Waals surface area contributed by atoms with Gasteiger partial charge in [0, 0.05) is 18.0 Å². The molecule has 0 saturated heterocycles. The molecule has 0 aliphatic heterocycles. The summed E-state index contributed by atoms with van der Waals surface area (Å²) in [6, 6.07) is 1.42. The first-order valence-electron chi connectivity index (χ1n) is 4.39. The molecule has 2 rings (SSSR count). The van der Waals surface area contributed by atoms with Gasteiger partial charge in [0.15, 0.2) is 5.82 Å². The lowest BCUT2D eigenvalue weighted by molar-refractivity contribution is -0.385. The number of aromatic nitrogens is 3. The molecule has 0 radical (unpaired) electrons. The molecule has 16 heavy (non-hydrogen) atoms. The zero-order chi connectivity index (χ0) is 11.7. The van der Waals surface area contributed by atoms with E-state index in [0.29, 0.717) is 11.4 Å². The van der Waals surface area contributed by atoms with Crippen molar-refractivity contribution in [2.75, 3.05) is 0 Å². The lowest BCUT2D eigenvalue weighted by Gasteiger charge is -2.01. The maximum Gasteiger partial charge on any atom is 0.277 e. The standard InChI is InChI=1S/C9H7IN4O2/c1-6-3-11-9(2-8(6)14(15)16)13-5-7(10)4-12-13/h2-5H,1H3. The van der Waals surface area contributed by atoms with Crippen molar-refractivity contribution in [1.82, 2.24) is 14.8 Å². The molecule has 6 nitrogen and oxygen atoms in total. The van der Waals surface area contributed by atoms with Crippen LogP contribution in [0.5, 0.6) is 0 Å². The van der Waals surface area contributed by atoms with Crippen molar-refractivity contribution in [3.63, 3.8) is 0 Å². The molecular formula is C9H7IN4O2. The molecule has 2 aromatic rings. The van der Waals surface area contributed by atoms with Gasteiger partial charge >= 0.3 is 0 Å². The Kier molecular flexibility index (Phi) is 2.86. The number of rotatable bonds is 2. The van der Waals surface area contributed by atoms with Crippen LogP contribution in [0.25, 0.3) is 5.82 Å². The molecule has 0 aliphatic rings. The van der Waals surface area contributed by atoms with E-state index in [-0.39, 0.29) is 5.69 Å². The Morgan fingerprint density at radius 1 is 1.50 bits per heavy atom. The van der Waals surface area contributed by atoms with E-state index in [9.17, 15) is 10.1 Å². The Morgan fingerprint density at radius 3 is 2.81 bits per heavy atom. The Hall–Kier alpha value is -1.51. The molecule has 0 spiro atoms. The average molecular weight is 330 g/mol. The summed E-state index contributed by atoms with van der Waals surface area (Å²) in [6.45, 7) is 1.65. The monoisotopic (exact) mass is 330 g/mol. The Labute approximate surface area is 105 Å². The van der Waals surface area contributed by atoms with Crippen LogP contribution in [0.2, 0.25) is 0 Å². The van der Waals surface area contributed by atoms with E-state index in [1.165, 1.54) is 16.9 Å². The smallest absolute Gasteiger partial charge is 0.258 e. The molecular weight excluding hydrogens is 323 g/mol. The third-order valence-corrected chi connectivity index (χ3v) is 2.60. The highest BCUT2D eigenvalue weighted by atomic mass is 127. The highest BCUT2D eigenvalue weighted by Gasteiger charge is 2.13. The minimum atomic E-state index is -0.422. The molecule has 7 heteroatoms. The number of nitro groups is 1. The van der Waals surface area contributed by atoms with Crippen LogP contribution in [0.4, 0.5) is 5.69 Å². The summed E-state index contributed by atoms with van der Waals surface area (Å²) < 4.78 is 2.46. The van der Waals surface area contributed by atoms with Crippen molar-refractivity contribution in [2.24, 2.45) is 0 Å². The van der Waals surface area contributed by atoms with E-state index in [4.69, 9.17) is 0 Å². The van der Waals surface area contributed by atoms with Crippen molar-refractivity contribution in [3.05, 3.63) is 43.9 Å². The zero-order valence-electron chi connectivity index (χ0n) is 8.29. The fraction of sp³-hybridized carbons (Fsp3) is 0.111. The Bertz CT molecular complexity index is 552. The SMILES string of the molecule is Cc1cnc(-n2cc(I)cn2)cc1[N+](=O)[O-]. The van der Waals surface area contributed by atoms with Gasteiger partial charge in [-0.15, -0.1) is 0 Å². The van der Waals surface area contributed by atoms with Crippen LogP contribution in [0.3, 0.4) is 0 Å². The van der Waals surface area contributed by atoms with Gasteiger partial charge in [0.2, 0.25) is 0 Å². The molecule has 0 aliphatic carbocycles. The van der Waals surface area contributed by atoms with Gasteiger partial charge in [0.1, 0.15) is 0 Å². The molecule has 0 unspecified atom stereocenters. The van der Waals surface area contributed by atoms with Crippen LogP contribution in [-0.4, -0.2) is 19.7 Å². The number of hydrogen-bond donors (Lipinski definition) is 0. The maximum absolute atomic E-state index is 10.8. The summed E-state index contributed by atoms with van der Waals surface area (Å²) in [5, 5.41) is 14.8. The van der Waals surface area contributed by atoms with Gasteiger partial charge in [-0.3, -0.25) is 10.1 Å². The predicted molar refractivity (Wildman–Crippen MR) is 65.5 cm³/mol. The third kappa shape index (κ3) is 2.03. The minimum Gasteiger partial charge on any atom is -0.258 e. The molecule has 2 aromatic heterocycles. The van der Waals surface area contributed by atoms with Crippen LogP contribution in [-0.2, 0) is 0 Å². The second kappa shape index (κ2) is 4.16. The van der Waals surface area contributed by atoms with Gasteiger partial charge < -0.3 is 0 Å². The first-order chi connectivity index (χ1) is 7.58. The summed E-state index contributed by atoms with van der Waals surface area (Å²) in [5.41, 5.74) is 0.589. The first-order valence-corrected chi connectivity index (χ1v) is 5.47. The fourth-order valence-corrected chi connectivity index (χ4v) is 1.64. The van der Waals surface area contributed by atoms with E-state index in [0.717, 1.165) is 3.57 Å². The van der Waals surface area contributed by atoms with Crippen molar-refractivity contribution >= 4 is 28.3 Å². The quantitative estimate of drug-likeness (QED) is 0.480. The number of halogens is 1. The van der Waals surface area contributed by atoms with Gasteiger partial charge in [-0.05, 0) is 29.5 Å². The average Bonchev–Trinajstić information content (AvgIpc) is 2.65. The van der Waals surface area contributed by atoms with E-state index in [2.05, 4.69) is 32.7 Å². The van der Waals surface area contributed by atoms with Gasteiger partial charge in [0.05, 0.1) is 20.8 Å². The minimum absolute atomic E-state index is 0.0514. The fourth-order valence-electron chi connectivity index (χ4n) is 1.25. The van der Waals surface area contributed by atoms with E-state index >= 15 is 0 Å². The summed E-state index contributed by atoms with van der Waals surface area (Å²) >= 11 is 2.11. The normalized spacial score (nSPS) is 10.4. The second-order valence-electron chi connectivity index (χ2n) is 3.19. The lowest BCUT2D eigenvalue weighted by Crippen LogP contribution is -2.01. The van der Waals surface area contributed by atoms with E-state index in [1.54, 1.807) is 19.3 Å². The molecule has 82 valence electrons. The molecule has 2 heterocycles. The van der Waals surface area contributed by atoms with Crippen LogP contribution in [0, 0.1) is 20.6 Å². The lowest BCUT2D eigenvalue weighted by atomic mass is 10.2. The summed E-state index contributed by atoms with van der Waals surface area (Å²) in [7, 11) is 0. The molecule has 0 bridgehead atoms. The predicted octanol–water partition coefficient (Wildman–Crippen LogP) is 2.09. The highest BCUT2D eigenvalue weighted by Crippen LogP contribution is 2.19. The van der Waals surface area contributed by atoms with Gasteiger partial charge in [-0.25, -0.2) is 9.67 Å². The Balaban J connectivity index is 2.51. The van der Waals surface area contributed by atoms with Crippen LogP contribution in [0.15, 0.2) is 24.7 Å². The largest absolute Gasteiger partial charge is 0.277 e. The molecule has 0 atom stereocenters. The second-order valence-corrected chi connectivity index (χ2v) is 4.43. The molecule has 0 N–H and O–H groups in total. The molecule has 0 amide bonds. The van der Waals surface area contributed by atoms with Crippen molar-refractivity contribution in [1.29, 1.82) is 0 Å². The summed E-state index contributed by atoms with van der Waals surface area (Å²) in [4.78, 5) is 14.4. The number of aryl methyl sites for hydroxylation is 1. The van der Waals surface area contributed by atoms with E-state index < -0.39 is 4.92 Å². The number of pyridine rings is 1. The van der Waals surface area contributed by atoms with Gasteiger partial charge in [0.25, 0.3) is 5.69 Å². The highest BCUT2D eigenvalue weighted by molar-refractivity contribution is 14.1. The number of hydrogen-bond acceptors (Lipinski definition) is 4. The topological polar surface area (TPSA) is 73.8 Å². The molecule has 0 saturated carbocycles. The summed E-state index contributed by atoms with van der Waals surface area (Å²) in [6.07, 6.45) is 4.89.